The molecule has 0 bridgehead atoms. The van der Waals surface area contributed by atoms with E-state index in [1.807, 2.05) is 0 Å². The Kier molecular flexibility index (Phi) is 9.41. The molecule has 196 valence electrons. The molecule has 1 aromatic rings. The lowest BCUT2D eigenvalue weighted by molar-refractivity contribution is -0.147. The summed E-state index contributed by atoms with van der Waals surface area (Å²) < 4.78 is 39.3. The van der Waals surface area contributed by atoms with Crippen molar-refractivity contribution in [1.82, 2.24) is 19.4 Å². The summed E-state index contributed by atoms with van der Waals surface area (Å²) in [5, 5.41) is 0. The fourth-order valence-electron chi connectivity index (χ4n) is 4.65. The van der Waals surface area contributed by atoms with Crippen LogP contribution in [0.2, 0.25) is 4.34 Å². The molecule has 2 atom stereocenters. The van der Waals surface area contributed by atoms with Crippen LogP contribution in [0.5, 0.6) is 0 Å². The first-order chi connectivity index (χ1) is 16.8. The molecule has 0 radical (unpaired) electrons. The van der Waals surface area contributed by atoms with Crippen molar-refractivity contribution >= 4 is 44.8 Å². The first kappa shape index (κ1) is 26.8. The van der Waals surface area contributed by atoms with Crippen LogP contribution in [0.1, 0.15) is 17.7 Å². The first-order valence-electron chi connectivity index (χ1n) is 12.0. The Morgan fingerprint density at radius 2 is 1.80 bits per heavy atom. The summed E-state index contributed by atoms with van der Waals surface area (Å²) in [5.74, 6) is -0.546. The molecule has 10 nitrogen and oxygen atoms in total. The fourth-order valence-corrected chi connectivity index (χ4v) is 7.13. The van der Waals surface area contributed by atoms with E-state index in [9.17, 15) is 18.0 Å². The predicted octanol–water partition coefficient (Wildman–Crippen LogP) is 0.414. The maximum Gasteiger partial charge on any atom is 0.245 e. The summed E-state index contributed by atoms with van der Waals surface area (Å²) in [5.41, 5.74) is 0. The quantitative estimate of drug-likeness (QED) is 0.451. The second-order valence-corrected chi connectivity index (χ2v) is 12.6. The number of rotatable bonds is 10. The lowest BCUT2D eigenvalue weighted by Gasteiger charge is -2.36. The third-order valence-electron chi connectivity index (χ3n) is 6.61. The van der Waals surface area contributed by atoms with Gasteiger partial charge in [0.05, 0.1) is 36.5 Å². The van der Waals surface area contributed by atoms with Crippen molar-refractivity contribution in [2.75, 3.05) is 71.4 Å². The van der Waals surface area contributed by atoms with Crippen molar-refractivity contribution < 1.29 is 27.5 Å². The van der Waals surface area contributed by atoms with Gasteiger partial charge in [-0.3, -0.25) is 14.5 Å². The molecule has 0 aromatic carbocycles. The summed E-state index contributed by atoms with van der Waals surface area (Å²) in [6, 6.07) is 2.07. The second-order valence-electron chi connectivity index (χ2n) is 8.96. The summed E-state index contributed by atoms with van der Waals surface area (Å²) in [6.45, 7) is 5.88. The van der Waals surface area contributed by atoms with Crippen LogP contribution in [0.25, 0.3) is 0 Å². The first-order valence-corrected chi connectivity index (χ1v) is 14.9. The number of hydrogen-bond acceptors (Lipinski definition) is 8. The number of likely N-dealkylation sites (tertiary alicyclic amines) is 1. The number of carbonyl (C=O) groups is 2. The Morgan fingerprint density at radius 1 is 1.11 bits per heavy atom. The smallest absolute Gasteiger partial charge is 0.245 e. The third kappa shape index (κ3) is 7.37. The van der Waals surface area contributed by atoms with Crippen LogP contribution in [0.4, 0.5) is 0 Å². The van der Waals surface area contributed by atoms with Crippen molar-refractivity contribution in [2.24, 2.45) is 0 Å². The number of amides is 2. The fraction of sp³-hybridized carbons (Fsp3) is 0.727. The number of aryl methyl sites for hydroxylation is 1. The van der Waals surface area contributed by atoms with Crippen LogP contribution in [-0.2, 0) is 35.5 Å². The minimum absolute atomic E-state index is 0.0898. The van der Waals surface area contributed by atoms with E-state index >= 15 is 0 Å². The Bertz CT molecular complexity index is 978. The molecule has 1 N–H and O–H groups in total. The number of carbonyl (C=O) groups excluding carboxylic acids is 2. The van der Waals surface area contributed by atoms with Crippen molar-refractivity contribution in [3.8, 4) is 0 Å². The number of halogens is 1. The van der Waals surface area contributed by atoms with Gasteiger partial charge >= 0.3 is 0 Å². The van der Waals surface area contributed by atoms with E-state index in [0.717, 1.165) is 18.0 Å². The lowest BCUT2D eigenvalue weighted by Crippen LogP contribution is -2.54. The highest BCUT2D eigenvalue weighted by Gasteiger charge is 2.41. The minimum Gasteiger partial charge on any atom is -0.379 e. The molecule has 0 saturated carbocycles. The van der Waals surface area contributed by atoms with Gasteiger partial charge in [-0.25, -0.2) is 13.1 Å². The minimum atomic E-state index is -3.67. The summed E-state index contributed by atoms with van der Waals surface area (Å²) in [6.07, 6.45) is 1.17. The molecule has 2 amide bonds. The molecule has 4 rings (SSSR count). The van der Waals surface area contributed by atoms with E-state index in [0.29, 0.717) is 76.2 Å². The van der Waals surface area contributed by atoms with Gasteiger partial charge in [-0.2, -0.15) is 0 Å². The molecule has 3 fully saturated rings. The third-order valence-corrected chi connectivity index (χ3v) is 9.29. The SMILES string of the molecule is O=C(C(CCN1CCOCC1)N1CCC(NS(=O)(=O)CCc2ccc(Cl)s2)C1=O)N1CCOCC1. The number of morpholine rings is 2. The van der Waals surface area contributed by atoms with E-state index in [4.69, 9.17) is 21.1 Å². The van der Waals surface area contributed by atoms with Crippen molar-refractivity contribution in [3.05, 3.63) is 21.3 Å². The number of thiophene rings is 1. The largest absolute Gasteiger partial charge is 0.379 e. The van der Waals surface area contributed by atoms with Gasteiger partial charge in [0.25, 0.3) is 0 Å². The van der Waals surface area contributed by atoms with Gasteiger partial charge in [0.1, 0.15) is 12.1 Å². The number of nitrogens with zero attached hydrogens (tertiary/aromatic N) is 3. The van der Waals surface area contributed by atoms with Gasteiger partial charge in [0.2, 0.25) is 21.8 Å². The normalized spacial score (nSPS) is 23.1. The number of hydrogen-bond donors (Lipinski definition) is 1. The molecular formula is C22H33ClN4O6S2. The highest BCUT2D eigenvalue weighted by atomic mass is 35.5. The van der Waals surface area contributed by atoms with Gasteiger partial charge in [-0.1, -0.05) is 11.6 Å². The molecule has 3 saturated heterocycles. The van der Waals surface area contributed by atoms with E-state index in [-0.39, 0.29) is 17.6 Å². The molecule has 0 spiro atoms. The number of sulfonamides is 1. The predicted molar refractivity (Wildman–Crippen MR) is 133 cm³/mol. The van der Waals surface area contributed by atoms with Gasteiger partial charge < -0.3 is 19.3 Å². The average Bonchev–Trinajstić information content (AvgIpc) is 3.44. The van der Waals surface area contributed by atoms with E-state index in [2.05, 4.69) is 9.62 Å². The molecule has 3 aliphatic rings. The van der Waals surface area contributed by atoms with E-state index < -0.39 is 22.1 Å². The molecule has 2 unspecified atom stereocenters. The van der Waals surface area contributed by atoms with Crippen molar-refractivity contribution in [3.63, 3.8) is 0 Å². The molecule has 1 aromatic heterocycles. The van der Waals surface area contributed by atoms with Gasteiger partial charge in [-0.15, -0.1) is 11.3 Å². The van der Waals surface area contributed by atoms with Crippen molar-refractivity contribution in [1.29, 1.82) is 0 Å². The molecule has 35 heavy (non-hydrogen) atoms. The van der Waals surface area contributed by atoms with Crippen molar-refractivity contribution in [2.45, 2.75) is 31.3 Å². The average molecular weight is 549 g/mol. The Labute approximate surface area is 215 Å². The maximum atomic E-state index is 13.4. The highest BCUT2D eigenvalue weighted by molar-refractivity contribution is 7.89. The van der Waals surface area contributed by atoms with Gasteiger partial charge in [0.15, 0.2) is 0 Å². The van der Waals surface area contributed by atoms with E-state index in [1.165, 1.54) is 11.3 Å². The molecule has 0 aliphatic carbocycles. The monoisotopic (exact) mass is 548 g/mol. The Hall–Kier alpha value is -1.28. The summed E-state index contributed by atoms with van der Waals surface area (Å²) in [4.78, 5) is 33.2. The van der Waals surface area contributed by atoms with E-state index in [1.54, 1.807) is 21.9 Å². The highest BCUT2D eigenvalue weighted by Crippen LogP contribution is 2.23. The van der Waals surface area contributed by atoms with Crippen LogP contribution in [-0.4, -0.2) is 118 Å². The topological polar surface area (TPSA) is 108 Å². The Balaban J connectivity index is 1.39. The standard InChI is InChI=1S/C22H33ClN4O6S2/c23-20-2-1-17(34-20)5-16-35(30,31)24-18-3-7-27(21(18)28)19(4-6-25-8-12-32-13-9-25)22(29)26-10-14-33-15-11-26/h1-2,18-19,24H,3-16H2. The van der Waals surface area contributed by atoms with Crippen LogP contribution in [0.15, 0.2) is 12.1 Å². The zero-order valence-electron chi connectivity index (χ0n) is 19.7. The molecular weight excluding hydrogens is 516 g/mol. The lowest BCUT2D eigenvalue weighted by atomic mass is 10.1. The van der Waals surface area contributed by atoms with Gasteiger partial charge in [-0.05, 0) is 31.4 Å². The molecule has 4 heterocycles. The van der Waals surface area contributed by atoms with Crippen LogP contribution in [0.3, 0.4) is 0 Å². The number of nitrogens with one attached hydrogen (secondary N) is 1. The zero-order valence-corrected chi connectivity index (χ0v) is 22.1. The van der Waals surface area contributed by atoms with Crippen LogP contribution < -0.4 is 4.72 Å². The molecule has 3 aliphatic heterocycles. The Morgan fingerprint density at radius 3 is 2.46 bits per heavy atom. The van der Waals surface area contributed by atoms with Crippen LogP contribution >= 0.6 is 22.9 Å². The maximum absolute atomic E-state index is 13.4. The molecule has 13 heteroatoms. The number of ether oxygens (including phenoxy) is 2. The zero-order chi connectivity index (χ0) is 24.8. The summed E-state index contributed by atoms with van der Waals surface area (Å²) in [7, 11) is -3.67. The van der Waals surface area contributed by atoms with Crippen LogP contribution in [0, 0.1) is 0 Å². The van der Waals surface area contributed by atoms with Gasteiger partial charge in [0, 0.05) is 44.1 Å². The second kappa shape index (κ2) is 12.3. The summed E-state index contributed by atoms with van der Waals surface area (Å²) >= 11 is 7.27.